The first-order valence-corrected chi connectivity index (χ1v) is 7.79. The molecular weight excluding hydrogens is 315 g/mol. The molecule has 2 heterocycles. The van der Waals surface area contributed by atoms with Crippen molar-refractivity contribution in [3.05, 3.63) is 58.6 Å². The number of hydrogen-bond donors (Lipinski definition) is 2. The Morgan fingerprint density at radius 2 is 1.00 bits per heavy atom. The number of fused-ring (bicyclic) bond motifs is 6. The van der Waals surface area contributed by atoms with Crippen LogP contribution in [0.15, 0.2) is 48.5 Å². The number of aromatic amines is 2. The van der Waals surface area contributed by atoms with Crippen LogP contribution in [0, 0.1) is 0 Å². The summed E-state index contributed by atoms with van der Waals surface area (Å²) in [6.45, 7) is 0. The van der Waals surface area contributed by atoms with Crippen LogP contribution >= 0.6 is 23.2 Å². The van der Waals surface area contributed by atoms with E-state index >= 15 is 0 Å². The van der Waals surface area contributed by atoms with Gasteiger partial charge in [0, 0.05) is 32.6 Å². The summed E-state index contributed by atoms with van der Waals surface area (Å²) in [6.07, 6.45) is 0. The van der Waals surface area contributed by atoms with Crippen LogP contribution in [-0.2, 0) is 0 Å². The minimum atomic E-state index is 0.711. The third-order valence-electron chi connectivity index (χ3n) is 4.29. The minimum Gasteiger partial charge on any atom is -0.353 e. The van der Waals surface area contributed by atoms with Crippen molar-refractivity contribution in [3.8, 4) is 0 Å². The van der Waals surface area contributed by atoms with Crippen LogP contribution in [0.4, 0.5) is 0 Å². The number of aromatic nitrogens is 2. The summed E-state index contributed by atoms with van der Waals surface area (Å²) in [4.78, 5) is 6.81. The molecule has 0 saturated carbocycles. The fourth-order valence-electron chi connectivity index (χ4n) is 3.32. The van der Waals surface area contributed by atoms with Crippen molar-refractivity contribution in [1.82, 2.24) is 9.97 Å². The van der Waals surface area contributed by atoms with Gasteiger partial charge in [-0.15, -0.1) is 0 Å². The number of H-pyrrole nitrogens is 2. The highest BCUT2D eigenvalue weighted by atomic mass is 35.5. The molecule has 4 heteroatoms. The number of nitrogens with one attached hydrogen (secondary N) is 2. The number of benzene rings is 3. The van der Waals surface area contributed by atoms with E-state index in [0.29, 0.717) is 10.0 Å². The van der Waals surface area contributed by atoms with Gasteiger partial charge in [0.25, 0.3) is 0 Å². The zero-order chi connectivity index (χ0) is 14.8. The molecule has 0 atom stereocenters. The van der Waals surface area contributed by atoms with E-state index < -0.39 is 0 Å². The molecule has 0 spiro atoms. The second-order valence-electron chi connectivity index (χ2n) is 5.47. The average Bonchev–Trinajstić information content (AvgIpc) is 3.12. The molecule has 0 aliphatic heterocycles. The summed E-state index contributed by atoms with van der Waals surface area (Å²) in [5.41, 5.74) is 3.87. The predicted molar refractivity (Wildman–Crippen MR) is 95.2 cm³/mol. The van der Waals surface area contributed by atoms with Gasteiger partial charge in [-0.2, -0.15) is 0 Å². The molecule has 2 N–H and O–H groups in total. The van der Waals surface area contributed by atoms with Gasteiger partial charge in [0.2, 0.25) is 0 Å². The number of halogens is 2. The van der Waals surface area contributed by atoms with E-state index in [1.54, 1.807) is 0 Å². The van der Waals surface area contributed by atoms with E-state index in [0.717, 1.165) is 43.6 Å². The van der Waals surface area contributed by atoms with Gasteiger partial charge in [0.1, 0.15) is 0 Å². The highest BCUT2D eigenvalue weighted by molar-refractivity contribution is 6.50. The maximum absolute atomic E-state index is 6.73. The minimum absolute atomic E-state index is 0.711. The second kappa shape index (κ2) is 4.19. The standard InChI is InChI=1S/C18H10Cl2N2/c19-15-13-9-5-1-3-7-11(9)21-17(13)16(20)14-10-6-2-4-8-12(10)22-18(14)15/h1-8,21-22H. The molecule has 0 unspecified atom stereocenters. The Labute approximate surface area is 135 Å². The lowest BCUT2D eigenvalue weighted by Gasteiger charge is -2.02. The zero-order valence-corrected chi connectivity index (χ0v) is 12.9. The highest BCUT2D eigenvalue weighted by Gasteiger charge is 2.19. The van der Waals surface area contributed by atoms with Gasteiger partial charge in [0.05, 0.1) is 21.1 Å². The predicted octanol–water partition coefficient (Wildman–Crippen LogP) is 6.26. The largest absolute Gasteiger partial charge is 0.353 e. The fraction of sp³-hybridized carbons (Fsp3) is 0. The van der Waals surface area contributed by atoms with Gasteiger partial charge in [-0.25, -0.2) is 0 Å². The summed E-state index contributed by atoms with van der Waals surface area (Å²) in [6, 6.07) is 16.2. The molecule has 0 bridgehead atoms. The van der Waals surface area contributed by atoms with E-state index in [1.807, 2.05) is 36.4 Å². The van der Waals surface area contributed by atoms with Gasteiger partial charge in [-0.3, -0.25) is 0 Å². The summed E-state index contributed by atoms with van der Waals surface area (Å²) < 4.78 is 0. The lowest BCUT2D eigenvalue weighted by Crippen LogP contribution is -1.78. The van der Waals surface area contributed by atoms with Crippen molar-refractivity contribution >= 4 is 66.8 Å². The van der Waals surface area contributed by atoms with E-state index in [1.165, 1.54) is 0 Å². The zero-order valence-electron chi connectivity index (χ0n) is 11.4. The summed E-state index contributed by atoms with van der Waals surface area (Å²) in [5, 5.41) is 5.55. The van der Waals surface area contributed by atoms with E-state index in [2.05, 4.69) is 22.1 Å². The van der Waals surface area contributed by atoms with Crippen molar-refractivity contribution < 1.29 is 0 Å². The third kappa shape index (κ3) is 1.41. The maximum Gasteiger partial charge on any atom is 0.0748 e. The Morgan fingerprint density at radius 1 is 0.591 bits per heavy atom. The van der Waals surface area contributed by atoms with Gasteiger partial charge in [-0.05, 0) is 12.1 Å². The summed E-state index contributed by atoms with van der Waals surface area (Å²) >= 11 is 13.5. The number of rotatable bonds is 0. The molecule has 5 aromatic rings. The first-order chi connectivity index (χ1) is 10.8. The molecule has 2 aromatic heterocycles. The third-order valence-corrected chi connectivity index (χ3v) is 5.05. The van der Waals surface area contributed by atoms with Crippen LogP contribution in [0.5, 0.6) is 0 Å². The van der Waals surface area contributed by atoms with Crippen LogP contribution in [0.2, 0.25) is 10.0 Å². The van der Waals surface area contributed by atoms with Gasteiger partial charge >= 0.3 is 0 Å². The van der Waals surface area contributed by atoms with E-state index in [9.17, 15) is 0 Å². The normalized spacial score (nSPS) is 12.1. The van der Waals surface area contributed by atoms with Crippen molar-refractivity contribution in [2.24, 2.45) is 0 Å². The van der Waals surface area contributed by atoms with Crippen LogP contribution in [0.1, 0.15) is 0 Å². The molecule has 22 heavy (non-hydrogen) atoms. The summed E-state index contributed by atoms with van der Waals surface area (Å²) in [7, 11) is 0. The van der Waals surface area contributed by atoms with Crippen molar-refractivity contribution in [3.63, 3.8) is 0 Å². The Hall–Kier alpha value is -2.16. The first kappa shape index (κ1) is 12.4. The lowest BCUT2D eigenvalue weighted by molar-refractivity contribution is 1.54. The van der Waals surface area contributed by atoms with Crippen LogP contribution < -0.4 is 0 Å². The van der Waals surface area contributed by atoms with E-state index in [-0.39, 0.29) is 0 Å². The first-order valence-electron chi connectivity index (χ1n) is 7.03. The summed E-state index contributed by atoms with van der Waals surface area (Å²) in [5.74, 6) is 0. The molecule has 3 aromatic carbocycles. The number of hydrogen-bond acceptors (Lipinski definition) is 0. The molecule has 0 amide bonds. The Balaban J connectivity index is 2.15. The van der Waals surface area contributed by atoms with Crippen molar-refractivity contribution in [2.45, 2.75) is 0 Å². The molecule has 0 aliphatic carbocycles. The van der Waals surface area contributed by atoms with Crippen LogP contribution in [-0.4, -0.2) is 9.97 Å². The van der Waals surface area contributed by atoms with Crippen molar-refractivity contribution in [2.75, 3.05) is 0 Å². The van der Waals surface area contributed by atoms with Crippen LogP contribution in [0.3, 0.4) is 0 Å². The highest BCUT2D eigenvalue weighted by Crippen LogP contribution is 2.44. The van der Waals surface area contributed by atoms with Gasteiger partial charge < -0.3 is 9.97 Å². The van der Waals surface area contributed by atoms with Gasteiger partial charge in [-0.1, -0.05) is 59.6 Å². The molecule has 5 rings (SSSR count). The molecule has 2 nitrogen and oxygen atoms in total. The average molecular weight is 325 g/mol. The molecular formula is C18H10Cl2N2. The fourth-order valence-corrected chi connectivity index (χ4v) is 4.00. The molecule has 0 saturated heterocycles. The topological polar surface area (TPSA) is 31.6 Å². The van der Waals surface area contributed by atoms with Gasteiger partial charge in [0.15, 0.2) is 0 Å². The molecule has 0 fully saturated rings. The van der Waals surface area contributed by atoms with Crippen LogP contribution in [0.25, 0.3) is 43.6 Å². The number of para-hydroxylation sites is 2. The Bertz CT molecular complexity index is 1100. The smallest absolute Gasteiger partial charge is 0.0748 e. The quantitative estimate of drug-likeness (QED) is 0.337. The lowest BCUT2D eigenvalue weighted by atomic mass is 10.1. The second-order valence-corrected chi connectivity index (χ2v) is 6.23. The Kier molecular flexibility index (Phi) is 2.36. The molecule has 0 radical (unpaired) electrons. The molecule has 106 valence electrons. The monoisotopic (exact) mass is 324 g/mol. The van der Waals surface area contributed by atoms with E-state index in [4.69, 9.17) is 23.2 Å². The Morgan fingerprint density at radius 3 is 1.45 bits per heavy atom. The maximum atomic E-state index is 6.73. The SMILES string of the molecule is Clc1c2[nH]c3ccccc3c2c(Cl)c2[nH]c3ccccc3c12. The molecule has 0 aliphatic rings. The van der Waals surface area contributed by atoms with Crippen molar-refractivity contribution in [1.29, 1.82) is 0 Å².